The van der Waals surface area contributed by atoms with Gasteiger partial charge >= 0.3 is 15.6 Å². The lowest BCUT2D eigenvalue weighted by atomic mass is 10.1. The Morgan fingerprint density at radius 3 is 2.57 bits per heavy atom. The van der Waals surface area contributed by atoms with Crippen LogP contribution in [0.3, 0.4) is 0 Å². The lowest BCUT2D eigenvalue weighted by molar-refractivity contribution is -0.0680. The van der Waals surface area contributed by atoms with E-state index < -0.39 is 52.6 Å². The molecule has 1 saturated heterocycles. The number of phosphoric ester groups is 2. The maximum Gasteiger partial charge on any atom is 0.470 e. The number of nitrogens with zero attached hydrogens (tertiary/aromatic N) is 5. The number of fused-ring (bicyclic) bond motifs is 1. The molecule has 18 heteroatoms. The first-order valence-corrected chi connectivity index (χ1v) is 11.5. The molecule has 0 radical (unpaired) electrons. The predicted octanol–water partition coefficient (Wildman–Crippen LogP) is -3.01. The number of phosphoric acid groups is 2. The third-order valence-electron chi connectivity index (χ3n) is 4.61. The molecular formula is C12H22N6O10P2. The molecule has 0 saturated carbocycles. The van der Waals surface area contributed by atoms with Gasteiger partial charge in [-0.2, -0.15) is 0 Å². The van der Waals surface area contributed by atoms with Gasteiger partial charge in [0.25, 0.3) is 0 Å². The second kappa shape index (κ2) is 8.09. The number of hydrogen-bond acceptors (Lipinski definition) is 12. The van der Waals surface area contributed by atoms with E-state index in [-0.39, 0.29) is 18.2 Å². The van der Waals surface area contributed by atoms with Gasteiger partial charge in [-0.3, -0.25) is 24.7 Å². The average molecular weight is 472 g/mol. The highest BCUT2D eigenvalue weighted by molar-refractivity contribution is 7.46. The maximum absolute atomic E-state index is 11.3. The molecule has 3 aliphatic rings. The summed E-state index contributed by atoms with van der Waals surface area (Å²) in [4.78, 5) is 51.5. The molecule has 0 amide bonds. The number of nitrogens with two attached hydrogens (primary N) is 1. The SMILES string of the molecule is CN(C)C1(N)N=CN=C2C1=NCN2[C@@H]1O[C@H](COP(=O)(O)O)[C@@H](OP(=O)(O)O)[C@H]1O. The lowest BCUT2D eigenvalue weighted by Gasteiger charge is -2.35. The highest BCUT2D eigenvalue weighted by Gasteiger charge is 2.54. The molecule has 16 nitrogen and oxygen atoms in total. The summed E-state index contributed by atoms with van der Waals surface area (Å²) in [5.41, 5.74) is 6.54. The van der Waals surface area contributed by atoms with Crippen LogP contribution in [0.1, 0.15) is 0 Å². The molecule has 0 spiro atoms. The van der Waals surface area contributed by atoms with Crippen molar-refractivity contribution in [2.75, 3.05) is 27.4 Å². The van der Waals surface area contributed by atoms with Crippen molar-refractivity contribution in [3.05, 3.63) is 0 Å². The zero-order valence-electron chi connectivity index (χ0n) is 15.8. The molecular weight excluding hydrogens is 450 g/mol. The quantitative estimate of drug-likeness (QED) is 0.160. The fraction of sp³-hybridized carbons (Fsp3) is 0.750. The minimum absolute atomic E-state index is 0.0826. The monoisotopic (exact) mass is 472 g/mol. The summed E-state index contributed by atoms with van der Waals surface area (Å²) in [6.45, 7) is -0.892. The molecule has 30 heavy (non-hydrogen) atoms. The normalized spacial score (nSPS) is 34.4. The number of rotatable bonds is 7. The van der Waals surface area contributed by atoms with Gasteiger partial charge in [-0.15, -0.1) is 0 Å². The van der Waals surface area contributed by atoms with E-state index in [1.807, 2.05) is 0 Å². The Hall–Kier alpha value is -1.13. The highest BCUT2D eigenvalue weighted by atomic mass is 31.2. The van der Waals surface area contributed by atoms with Crippen LogP contribution in [-0.4, -0.2) is 110 Å². The topological polar surface area (TPSA) is 233 Å². The largest absolute Gasteiger partial charge is 0.470 e. The third kappa shape index (κ3) is 4.70. The van der Waals surface area contributed by atoms with E-state index >= 15 is 0 Å². The molecule has 1 fully saturated rings. The summed E-state index contributed by atoms with van der Waals surface area (Å²) in [5.74, 6) is -1.13. The Morgan fingerprint density at radius 2 is 2.00 bits per heavy atom. The van der Waals surface area contributed by atoms with Gasteiger partial charge in [0.05, 0.1) is 6.61 Å². The van der Waals surface area contributed by atoms with Gasteiger partial charge in [0.1, 0.15) is 37.0 Å². The van der Waals surface area contributed by atoms with Crippen LogP contribution >= 0.6 is 15.6 Å². The number of aliphatic hydroxyl groups excluding tert-OH is 1. The van der Waals surface area contributed by atoms with Crippen molar-refractivity contribution in [3.8, 4) is 0 Å². The van der Waals surface area contributed by atoms with Crippen molar-refractivity contribution in [3.63, 3.8) is 0 Å². The van der Waals surface area contributed by atoms with Crippen molar-refractivity contribution >= 4 is 33.5 Å². The Labute approximate surface area is 170 Å². The van der Waals surface area contributed by atoms with E-state index in [1.165, 1.54) is 11.2 Å². The van der Waals surface area contributed by atoms with Crippen LogP contribution in [0.2, 0.25) is 0 Å². The summed E-state index contributed by atoms with van der Waals surface area (Å²) in [5, 5.41) is 10.6. The second-order valence-corrected chi connectivity index (χ2v) is 9.27. The van der Waals surface area contributed by atoms with E-state index in [2.05, 4.69) is 24.0 Å². The zero-order valence-corrected chi connectivity index (χ0v) is 17.6. The van der Waals surface area contributed by atoms with E-state index in [9.17, 15) is 14.2 Å². The molecule has 170 valence electrons. The smallest absolute Gasteiger partial charge is 0.386 e. The first kappa shape index (κ1) is 23.5. The molecule has 0 bridgehead atoms. The molecule has 0 aromatic heterocycles. The Balaban J connectivity index is 1.84. The van der Waals surface area contributed by atoms with E-state index in [4.69, 9.17) is 30.0 Å². The van der Waals surface area contributed by atoms with E-state index in [0.717, 1.165) is 0 Å². The van der Waals surface area contributed by atoms with Crippen LogP contribution in [0.25, 0.3) is 0 Å². The summed E-state index contributed by atoms with van der Waals surface area (Å²) < 4.78 is 36.8. The van der Waals surface area contributed by atoms with Crippen molar-refractivity contribution < 1.29 is 47.6 Å². The number of aliphatic imine (C=N–C) groups is 3. The predicted molar refractivity (Wildman–Crippen MR) is 100 cm³/mol. The molecule has 1 unspecified atom stereocenters. The molecule has 3 rings (SSSR count). The number of ether oxygens (including phenoxy) is 1. The summed E-state index contributed by atoms with van der Waals surface area (Å²) in [7, 11) is -6.67. The number of hydrogen-bond donors (Lipinski definition) is 6. The first-order chi connectivity index (χ1) is 13.7. The number of amidine groups is 1. The minimum Gasteiger partial charge on any atom is -0.386 e. The van der Waals surface area contributed by atoms with Gasteiger partial charge in [0.15, 0.2) is 12.1 Å². The van der Waals surface area contributed by atoms with Crippen LogP contribution in [0.15, 0.2) is 15.0 Å². The summed E-state index contributed by atoms with van der Waals surface area (Å²) in [6.07, 6.45) is -4.84. The van der Waals surface area contributed by atoms with Gasteiger partial charge in [-0.25, -0.2) is 19.1 Å². The fourth-order valence-electron chi connectivity index (χ4n) is 3.17. The van der Waals surface area contributed by atoms with Crippen LogP contribution in [-0.2, 0) is 22.9 Å². The number of aliphatic hydroxyl groups is 1. The van der Waals surface area contributed by atoms with Crippen LogP contribution < -0.4 is 5.73 Å². The average Bonchev–Trinajstić information content (AvgIpc) is 3.15. The van der Waals surface area contributed by atoms with Gasteiger partial charge in [-0.1, -0.05) is 0 Å². The molecule has 0 aliphatic carbocycles. The van der Waals surface area contributed by atoms with Crippen molar-refractivity contribution in [1.29, 1.82) is 0 Å². The molecule has 0 aromatic rings. The van der Waals surface area contributed by atoms with Crippen molar-refractivity contribution in [2.45, 2.75) is 30.3 Å². The third-order valence-corrected chi connectivity index (χ3v) is 5.62. The Kier molecular flexibility index (Phi) is 6.35. The summed E-state index contributed by atoms with van der Waals surface area (Å²) in [6, 6.07) is 0. The lowest BCUT2D eigenvalue weighted by Crippen LogP contribution is -2.62. The summed E-state index contributed by atoms with van der Waals surface area (Å²) >= 11 is 0. The Morgan fingerprint density at radius 1 is 1.33 bits per heavy atom. The molecule has 5 atom stereocenters. The molecule has 3 aliphatic heterocycles. The maximum atomic E-state index is 11.3. The van der Waals surface area contributed by atoms with Crippen LogP contribution in [0, 0.1) is 0 Å². The first-order valence-electron chi connectivity index (χ1n) is 8.40. The van der Waals surface area contributed by atoms with E-state index in [1.54, 1.807) is 19.0 Å². The van der Waals surface area contributed by atoms with Gasteiger partial charge < -0.3 is 34.3 Å². The molecule has 7 N–H and O–H groups in total. The van der Waals surface area contributed by atoms with Crippen LogP contribution in [0.5, 0.6) is 0 Å². The van der Waals surface area contributed by atoms with Crippen molar-refractivity contribution in [2.24, 2.45) is 20.7 Å². The minimum atomic E-state index is -5.09. The van der Waals surface area contributed by atoms with Gasteiger partial charge in [-0.05, 0) is 14.1 Å². The highest BCUT2D eigenvalue weighted by Crippen LogP contribution is 2.44. The second-order valence-electron chi connectivity index (χ2n) is 6.84. The Bertz CT molecular complexity index is 870. The molecule has 0 aromatic carbocycles. The van der Waals surface area contributed by atoms with Gasteiger partial charge in [0.2, 0.25) is 5.79 Å². The fourth-order valence-corrected chi connectivity index (χ4v) is 4.09. The van der Waals surface area contributed by atoms with E-state index in [0.29, 0.717) is 0 Å². The zero-order chi connectivity index (χ0) is 22.5. The van der Waals surface area contributed by atoms with Gasteiger partial charge in [0, 0.05) is 0 Å². The van der Waals surface area contributed by atoms with Crippen LogP contribution in [0.4, 0.5) is 0 Å². The molecule has 3 heterocycles. The van der Waals surface area contributed by atoms with Crippen molar-refractivity contribution in [1.82, 2.24) is 9.80 Å². The standard InChI is InChI=1S/C12H22N6O10P2/c1-17(2)12(13)9-10(14-4-16-12)18(5-15-9)11-7(19)8(28-30(23,24)25)6(27-11)3-26-29(20,21)22/h4,6-8,11,19H,3,5,13H2,1-2H3,(H2,20,21,22)(H2,23,24,25)/t6-,7-,8-,11-,12?/m1/s1.